The number of carbonyl (C=O) groups excluding carboxylic acids is 1. The molecule has 1 aromatic carbocycles. The van der Waals surface area contributed by atoms with Crippen molar-refractivity contribution in [2.24, 2.45) is 0 Å². The lowest BCUT2D eigenvalue weighted by Gasteiger charge is -2.31. The lowest BCUT2D eigenvalue weighted by atomic mass is 9.94. The quantitative estimate of drug-likeness (QED) is 0.697. The maximum atomic E-state index is 12.7. The Hall–Kier alpha value is -2.20. The van der Waals surface area contributed by atoms with Gasteiger partial charge in [-0.05, 0) is 30.5 Å². The van der Waals surface area contributed by atoms with Crippen molar-refractivity contribution in [2.45, 2.75) is 29.4 Å². The molecule has 1 aliphatic rings. The Morgan fingerprint density at radius 1 is 1.21 bits per heavy atom. The molecule has 2 heterocycles. The Kier molecular flexibility index (Phi) is 6.19. The van der Waals surface area contributed by atoms with E-state index in [4.69, 9.17) is 9.47 Å². The third-order valence-electron chi connectivity index (χ3n) is 4.86. The van der Waals surface area contributed by atoms with Crippen LogP contribution >= 0.6 is 11.5 Å². The standard InChI is InChI=1S/C18H23N3O5S2/c1-25-14-5-4-12(10-15(14)26-2)11-16(22)21-8-6-13(7-9-21)17-18(27-20-19-17)28(3,23)24/h4-5,10,13H,6-9,11H2,1-3H3. The fourth-order valence-electron chi connectivity index (χ4n) is 3.37. The Morgan fingerprint density at radius 3 is 2.50 bits per heavy atom. The zero-order chi connectivity index (χ0) is 20.3. The van der Waals surface area contributed by atoms with Crippen molar-refractivity contribution < 1.29 is 22.7 Å². The molecule has 0 N–H and O–H groups in total. The maximum Gasteiger partial charge on any atom is 0.226 e. The number of hydrogen-bond acceptors (Lipinski definition) is 8. The second-order valence-electron chi connectivity index (χ2n) is 6.74. The molecule has 0 saturated carbocycles. The van der Waals surface area contributed by atoms with Gasteiger partial charge >= 0.3 is 0 Å². The second kappa shape index (κ2) is 8.44. The van der Waals surface area contributed by atoms with E-state index in [0.29, 0.717) is 43.1 Å². The van der Waals surface area contributed by atoms with Gasteiger partial charge in [-0.25, -0.2) is 8.42 Å². The average molecular weight is 426 g/mol. The van der Waals surface area contributed by atoms with E-state index in [1.807, 2.05) is 17.0 Å². The van der Waals surface area contributed by atoms with Gasteiger partial charge in [-0.3, -0.25) is 4.79 Å². The molecule has 1 aromatic heterocycles. The van der Waals surface area contributed by atoms with Crippen LogP contribution < -0.4 is 9.47 Å². The first-order valence-electron chi connectivity index (χ1n) is 8.84. The summed E-state index contributed by atoms with van der Waals surface area (Å²) in [6.45, 7) is 1.13. The molecular formula is C18H23N3O5S2. The fourth-order valence-corrected chi connectivity index (χ4v) is 5.11. The smallest absolute Gasteiger partial charge is 0.226 e. The number of aromatic nitrogens is 2. The van der Waals surface area contributed by atoms with Gasteiger partial charge in [0.1, 0.15) is 0 Å². The molecule has 2 aromatic rings. The first kappa shape index (κ1) is 20.5. The highest BCUT2D eigenvalue weighted by Gasteiger charge is 2.30. The van der Waals surface area contributed by atoms with Crippen molar-refractivity contribution >= 4 is 27.3 Å². The normalized spacial score (nSPS) is 15.5. The van der Waals surface area contributed by atoms with E-state index >= 15 is 0 Å². The highest BCUT2D eigenvalue weighted by Crippen LogP contribution is 2.33. The largest absolute Gasteiger partial charge is 0.493 e. The number of nitrogens with zero attached hydrogens (tertiary/aromatic N) is 3. The van der Waals surface area contributed by atoms with E-state index in [1.54, 1.807) is 20.3 Å². The Labute approximate surface area is 168 Å². The summed E-state index contributed by atoms with van der Waals surface area (Å²) in [5, 5.41) is 4.04. The first-order valence-corrected chi connectivity index (χ1v) is 11.5. The van der Waals surface area contributed by atoms with Crippen molar-refractivity contribution in [1.82, 2.24) is 14.5 Å². The van der Waals surface area contributed by atoms with Crippen LogP contribution in [-0.4, -0.2) is 62.4 Å². The van der Waals surface area contributed by atoms with Crippen molar-refractivity contribution in [3.63, 3.8) is 0 Å². The van der Waals surface area contributed by atoms with Crippen LogP contribution in [-0.2, 0) is 21.1 Å². The number of methoxy groups -OCH3 is 2. The minimum absolute atomic E-state index is 0.00797. The molecule has 1 amide bonds. The average Bonchev–Trinajstić information content (AvgIpc) is 3.18. The van der Waals surface area contributed by atoms with Gasteiger partial charge in [0, 0.05) is 36.8 Å². The second-order valence-corrected chi connectivity index (χ2v) is 9.70. The molecule has 0 atom stereocenters. The highest BCUT2D eigenvalue weighted by atomic mass is 32.2. The van der Waals surface area contributed by atoms with Crippen molar-refractivity contribution in [3.8, 4) is 11.5 Å². The summed E-state index contributed by atoms with van der Waals surface area (Å²) in [6.07, 6.45) is 2.79. The summed E-state index contributed by atoms with van der Waals surface area (Å²) in [4.78, 5) is 14.5. The predicted octanol–water partition coefficient (Wildman–Crippen LogP) is 1.91. The van der Waals surface area contributed by atoms with Gasteiger partial charge in [0.2, 0.25) is 5.91 Å². The number of carbonyl (C=O) groups is 1. The number of rotatable bonds is 6. The molecule has 0 bridgehead atoms. The molecule has 1 aliphatic heterocycles. The van der Waals surface area contributed by atoms with E-state index in [9.17, 15) is 13.2 Å². The molecule has 0 radical (unpaired) electrons. The fraction of sp³-hybridized carbons (Fsp3) is 0.500. The molecule has 152 valence electrons. The third-order valence-corrected chi connectivity index (χ3v) is 7.41. The van der Waals surface area contributed by atoms with Gasteiger partial charge in [-0.15, -0.1) is 5.10 Å². The third kappa shape index (κ3) is 4.44. The molecular weight excluding hydrogens is 402 g/mol. The molecule has 0 spiro atoms. The number of ether oxygens (including phenoxy) is 2. The van der Waals surface area contributed by atoms with Crippen molar-refractivity contribution in [2.75, 3.05) is 33.6 Å². The Bertz CT molecular complexity index is 950. The molecule has 8 nitrogen and oxygen atoms in total. The van der Waals surface area contributed by atoms with Gasteiger partial charge in [-0.1, -0.05) is 10.6 Å². The van der Waals surface area contributed by atoms with E-state index < -0.39 is 9.84 Å². The molecule has 1 saturated heterocycles. The topological polar surface area (TPSA) is 98.7 Å². The van der Waals surface area contributed by atoms with Crippen LogP contribution in [0.3, 0.4) is 0 Å². The summed E-state index contributed by atoms with van der Waals surface area (Å²) in [7, 11) is -0.200. The summed E-state index contributed by atoms with van der Waals surface area (Å²) in [6, 6.07) is 5.45. The summed E-state index contributed by atoms with van der Waals surface area (Å²) in [5.41, 5.74) is 1.40. The van der Waals surface area contributed by atoms with E-state index in [0.717, 1.165) is 17.1 Å². The van der Waals surface area contributed by atoms with E-state index in [1.165, 1.54) is 6.26 Å². The van der Waals surface area contributed by atoms with Crippen LogP contribution in [0.2, 0.25) is 0 Å². The molecule has 0 unspecified atom stereocenters. The van der Waals surface area contributed by atoms with Crippen LogP contribution in [0.15, 0.2) is 22.4 Å². The van der Waals surface area contributed by atoms with Crippen molar-refractivity contribution in [3.05, 3.63) is 29.5 Å². The predicted molar refractivity (Wildman–Crippen MR) is 105 cm³/mol. The Balaban J connectivity index is 1.62. The van der Waals surface area contributed by atoms with Crippen molar-refractivity contribution in [1.29, 1.82) is 0 Å². The van der Waals surface area contributed by atoms with Crippen LogP contribution in [0.4, 0.5) is 0 Å². The minimum Gasteiger partial charge on any atom is -0.493 e. The van der Waals surface area contributed by atoms with E-state index in [-0.39, 0.29) is 22.5 Å². The lowest BCUT2D eigenvalue weighted by Crippen LogP contribution is -2.39. The number of hydrogen-bond donors (Lipinski definition) is 0. The Morgan fingerprint density at radius 2 is 1.89 bits per heavy atom. The number of sulfone groups is 1. The molecule has 0 aliphatic carbocycles. The van der Waals surface area contributed by atoms with Gasteiger partial charge in [0.15, 0.2) is 25.5 Å². The van der Waals surface area contributed by atoms with Crippen LogP contribution in [0, 0.1) is 0 Å². The SMILES string of the molecule is COc1ccc(CC(=O)N2CCC(c3nnsc3S(C)(=O)=O)CC2)cc1OC. The van der Waals surface area contributed by atoms with Gasteiger partial charge in [0.05, 0.1) is 26.3 Å². The molecule has 28 heavy (non-hydrogen) atoms. The number of benzene rings is 1. The number of likely N-dealkylation sites (tertiary alicyclic amines) is 1. The van der Waals surface area contributed by atoms with E-state index in [2.05, 4.69) is 9.59 Å². The van der Waals surface area contributed by atoms with Crippen LogP contribution in [0.5, 0.6) is 11.5 Å². The first-order chi connectivity index (χ1) is 13.3. The molecule has 10 heteroatoms. The van der Waals surface area contributed by atoms with Crippen LogP contribution in [0.1, 0.15) is 30.0 Å². The summed E-state index contributed by atoms with van der Waals surface area (Å²) < 4.78 is 38.3. The van der Waals surface area contributed by atoms with Gasteiger partial charge in [-0.2, -0.15) is 0 Å². The highest BCUT2D eigenvalue weighted by molar-refractivity contribution is 7.92. The lowest BCUT2D eigenvalue weighted by molar-refractivity contribution is -0.131. The van der Waals surface area contributed by atoms with Gasteiger partial charge < -0.3 is 14.4 Å². The number of amides is 1. The van der Waals surface area contributed by atoms with Crippen LogP contribution in [0.25, 0.3) is 0 Å². The molecule has 3 rings (SSSR count). The monoisotopic (exact) mass is 425 g/mol. The maximum absolute atomic E-state index is 12.7. The molecule has 1 fully saturated rings. The van der Waals surface area contributed by atoms with Gasteiger partial charge in [0.25, 0.3) is 0 Å². The summed E-state index contributed by atoms with van der Waals surface area (Å²) >= 11 is 0.914. The zero-order valence-corrected chi connectivity index (χ0v) is 17.7. The minimum atomic E-state index is -3.33. The number of piperidine rings is 1. The summed E-state index contributed by atoms with van der Waals surface area (Å²) in [5.74, 6) is 1.26. The zero-order valence-electron chi connectivity index (χ0n) is 16.0.